The van der Waals surface area contributed by atoms with Crippen LogP contribution in [0.2, 0.25) is 5.02 Å². The zero-order chi connectivity index (χ0) is 9.68. The van der Waals surface area contributed by atoms with Crippen LogP contribution < -0.4 is 5.32 Å². The quantitative estimate of drug-likeness (QED) is 0.764. The summed E-state index contributed by atoms with van der Waals surface area (Å²) in [5.74, 6) is 5.93. The Kier molecular flexibility index (Phi) is 4.31. The fraction of sp³-hybridized carbons (Fsp3) is 0.200. The molecule has 0 aliphatic heterocycles. The highest BCUT2D eigenvalue weighted by Crippen LogP contribution is 2.19. The molecule has 1 rings (SSSR count). The largest absolute Gasteiger partial charge is 0.309 e. The van der Waals surface area contributed by atoms with Gasteiger partial charge in [-0.1, -0.05) is 39.4 Å². The fourth-order valence-corrected chi connectivity index (χ4v) is 1.35. The lowest BCUT2D eigenvalue weighted by Gasteiger charge is -1.95. The standard InChI is InChI=1S/C10H9BrClN/c1-13-6-2-3-8-7-9(11)4-5-10(8)12/h4-5,7,13H,6H2,1H3. The Morgan fingerprint density at radius 2 is 2.31 bits per heavy atom. The van der Waals surface area contributed by atoms with E-state index in [0.717, 1.165) is 10.0 Å². The SMILES string of the molecule is CNCC#Cc1cc(Br)ccc1Cl. The molecule has 13 heavy (non-hydrogen) atoms. The number of rotatable bonds is 1. The molecule has 0 radical (unpaired) electrons. The van der Waals surface area contributed by atoms with Crippen LogP contribution in [-0.2, 0) is 0 Å². The van der Waals surface area contributed by atoms with E-state index in [2.05, 4.69) is 33.1 Å². The van der Waals surface area contributed by atoms with Crippen molar-refractivity contribution in [3.63, 3.8) is 0 Å². The predicted molar refractivity (Wildman–Crippen MR) is 60.0 cm³/mol. The molecular weight excluding hydrogens is 249 g/mol. The van der Waals surface area contributed by atoms with Crippen molar-refractivity contribution in [1.29, 1.82) is 0 Å². The summed E-state index contributed by atoms with van der Waals surface area (Å²) in [4.78, 5) is 0. The Bertz CT molecular complexity index is 352. The third-order valence-corrected chi connectivity index (χ3v) is 2.24. The van der Waals surface area contributed by atoms with Crippen LogP contribution in [0.3, 0.4) is 0 Å². The number of halogens is 2. The second-order valence-electron chi connectivity index (χ2n) is 2.46. The van der Waals surface area contributed by atoms with E-state index < -0.39 is 0 Å². The molecule has 0 fully saturated rings. The van der Waals surface area contributed by atoms with E-state index in [9.17, 15) is 0 Å². The maximum Gasteiger partial charge on any atom is 0.0577 e. The first-order valence-corrected chi connectivity index (χ1v) is 4.99. The lowest BCUT2D eigenvalue weighted by atomic mass is 10.2. The number of hydrogen-bond donors (Lipinski definition) is 1. The van der Waals surface area contributed by atoms with Gasteiger partial charge >= 0.3 is 0 Å². The highest BCUT2D eigenvalue weighted by Gasteiger charge is 1.96. The molecule has 0 saturated heterocycles. The summed E-state index contributed by atoms with van der Waals surface area (Å²) in [5, 5.41) is 3.63. The van der Waals surface area contributed by atoms with Gasteiger partial charge in [0.05, 0.1) is 11.6 Å². The first kappa shape index (κ1) is 10.6. The molecule has 0 bridgehead atoms. The third-order valence-electron chi connectivity index (χ3n) is 1.42. The van der Waals surface area contributed by atoms with Crippen LogP contribution in [0.15, 0.2) is 22.7 Å². The third kappa shape index (κ3) is 3.40. The van der Waals surface area contributed by atoms with Crippen molar-refractivity contribution in [1.82, 2.24) is 5.32 Å². The molecule has 1 aromatic rings. The Labute approximate surface area is 91.6 Å². The highest BCUT2D eigenvalue weighted by atomic mass is 79.9. The molecule has 0 amide bonds. The molecule has 0 spiro atoms. The molecule has 0 aliphatic rings. The van der Waals surface area contributed by atoms with Gasteiger partial charge in [0.15, 0.2) is 0 Å². The summed E-state index contributed by atoms with van der Waals surface area (Å²) in [6.07, 6.45) is 0. The summed E-state index contributed by atoms with van der Waals surface area (Å²) in [7, 11) is 1.86. The van der Waals surface area contributed by atoms with Gasteiger partial charge in [0.25, 0.3) is 0 Å². The molecule has 1 nitrogen and oxygen atoms in total. The van der Waals surface area contributed by atoms with Crippen LogP contribution in [0.4, 0.5) is 0 Å². The normalized spacial score (nSPS) is 9.15. The smallest absolute Gasteiger partial charge is 0.0577 e. The van der Waals surface area contributed by atoms with E-state index in [1.165, 1.54) is 0 Å². The predicted octanol–water partition coefficient (Wildman–Crippen LogP) is 2.67. The number of benzene rings is 1. The second-order valence-corrected chi connectivity index (χ2v) is 3.78. The van der Waals surface area contributed by atoms with Gasteiger partial charge in [0.2, 0.25) is 0 Å². The molecule has 1 N–H and O–H groups in total. The molecule has 0 unspecified atom stereocenters. The first-order chi connectivity index (χ1) is 6.24. The Morgan fingerprint density at radius 3 is 3.00 bits per heavy atom. The van der Waals surface area contributed by atoms with Crippen molar-refractivity contribution in [2.75, 3.05) is 13.6 Å². The van der Waals surface area contributed by atoms with Gasteiger partial charge in [-0.3, -0.25) is 0 Å². The summed E-state index contributed by atoms with van der Waals surface area (Å²) < 4.78 is 0.991. The van der Waals surface area contributed by atoms with Crippen molar-refractivity contribution < 1.29 is 0 Å². The van der Waals surface area contributed by atoms with Crippen LogP contribution in [0, 0.1) is 11.8 Å². The Morgan fingerprint density at radius 1 is 1.54 bits per heavy atom. The van der Waals surface area contributed by atoms with E-state index in [1.807, 2.05) is 25.2 Å². The van der Waals surface area contributed by atoms with Gasteiger partial charge in [-0.05, 0) is 25.2 Å². The van der Waals surface area contributed by atoms with Crippen LogP contribution in [0.5, 0.6) is 0 Å². The van der Waals surface area contributed by atoms with Gasteiger partial charge in [-0.2, -0.15) is 0 Å². The molecule has 0 aliphatic carbocycles. The van der Waals surface area contributed by atoms with E-state index in [1.54, 1.807) is 0 Å². The molecular formula is C10H9BrClN. The van der Waals surface area contributed by atoms with Crippen LogP contribution in [0.1, 0.15) is 5.56 Å². The van der Waals surface area contributed by atoms with E-state index in [0.29, 0.717) is 11.6 Å². The highest BCUT2D eigenvalue weighted by molar-refractivity contribution is 9.10. The lowest BCUT2D eigenvalue weighted by Crippen LogP contribution is -2.04. The molecule has 0 atom stereocenters. The van der Waals surface area contributed by atoms with Crippen molar-refractivity contribution in [3.8, 4) is 11.8 Å². The zero-order valence-electron chi connectivity index (χ0n) is 7.20. The summed E-state index contributed by atoms with van der Waals surface area (Å²) in [6, 6.07) is 5.63. The summed E-state index contributed by atoms with van der Waals surface area (Å²) in [5.41, 5.74) is 0.853. The van der Waals surface area contributed by atoms with Crippen molar-refractivity contribution in [3.05, 3.63) is 33.3 Å². The van der Waals surface area contributed by atoms with Crippen molar-refractivity contribution in [2.45, 2.75) is 0 Å². The van der Waals surface area contributed by atoms with E-state index in [4.69, 9.17) is 11.6 Å². The second kappa shape index (κ2) is 5.29. The Balaban J connectivity index is 2.89. The maximum atomic E-state index is 5.93. The van der Waals surface area contributed by atoms with Gasteiger partial charge in [-0.25, -0.2) is 0 Å². The summed E-state index contributed by atoms with van der Waals surface area (Å²) in [6.45, 7) is 0.669. The minimum atomic E-state index is 0.669. The molecule has 0 aromatic heterocycles. The average Bonchev–Trinajstić information content (AvgIpc) is 2.11. The van der Waals surface area contributed by atoms with Crippen molar-refractivity contribution >= 4 is 27.5 Å². The van der Waals surface area contributed by atoms with Gasteiger partial charge in [-0.15, -0.1) is 0 Å². The van der Waals surface area contributed by atoms with Gasteiger partial charge in [0.1, 0.15) is 0 Å². The molecule has 1 aromatic carbocycles. The number of hydrogen-bond acceptors (Lipinski definition) is 1. The van der Waals surface area contributed by atoms with E-state index >= 15 is 0 Å². The maximum absolute atomic E-state index is 5.93. The first-order valence-electron chi connectivity index (χ1n) is 3.82. The minimum absolute atomic E-state index is 0.669. The molecule has 68 valence electrons. The van der Waals surface area contributed by atoms with E-state index in [-0.39, 0.29) is 0 Å². The van der Waals surface area contributed by atoms with Gasteiger partial charge < -0.3 is 5.32 Å². The Hall–Kier alpha value is -0.490. The monoisotopic (exact) mass is 257 g/mol. The molecule has 0 saturated carbocycles. The topological polar surface area (TPSA) is 12.0 Å². The van der Waals surface area contributed by atoms with Crippen LogP contribution in [0.25, 0.3) is 0 Å². The average molecular weight is 259 g/mol. The van der Waals surface area contributed by atoms with Crippen LogP contribution >= 0.6 is 27.5 Å². The van der Waals surface area contributed by atoms with Crippen LogP contribution in [-0.4, -0.2) is 13.6 Å². The molecule has 3 heteroatoms. The van der Waals surface area contributed by atoms with Gasteiger partial charge in [0, 0.05) is 10.0 Å². The zero-order valence-corrected chi connectivity index (χ0v) is 9.54. The molecule has 0 heterocycles. The number of nitrogens with one attached hydrogen (secondary N) is 1. The minimum Gasteiger partial charge on any atom is -0.309 e. The fourth-order valence-electron chi connectivity index (χ4n) is 0.821. The summed E-state index contributed by atoms with van der Waals surface area (Å²) >= 11 is 9.29. The lowest BCUT2D eigenvalue weighted by molar-refractivity contribution is 0.938. The van der Waals surface area contributed by atoms with Crippen molar-refractivity contribution in [2.24, 2.45) is 0 Å².